The summed E-state index contributed by atoms with van der Waals surface area (Å²) in [5.74, 6) is 0.495. The minimum atomic E-state index is -0.669. The summed E-state index contributed by atoms with van der Waals surface area (Å²) >= 11 is 0. The molecule has 8 nitrogen and oxygen atoms in total. The molecule has 2 aromatic carbocycles. The van der Waals surface area contributed by atoms with Crippen molar-refractivity contribution in [3.63, 3.8) is 0 Å². The SMILES string of the molecule is CC(C)n1c(CCNC(=O)CC[C@H]2NC(=O)N(Cc3ccccc3)C2=O)nc2ccccc21. The van der Waals surface area contributed by atoms with Crippen LogP contribution in [0.15, 0.2) is 54.6 Å². The highest BCUT2D eigenvalue weighted by molar-refractivity contribution is 6.04. The quantitative estimate of drug-likeness (QED) is 0.493. The molecule has 0 aliphatic carbocycles. The first-order valence-electron chi connectivity index (χ1n) is 11.3. The van der Waals surface area contributed by atoms with E-state index in [9.17, 15) is 14.4 Å². The first-order valence-corrected chi connectivity index (χ1v) is 11.3. The van der Waals surface area contributed by atoms with Crippen molar-refractivity contribution in [2.24, 2.45) is 0 Å². The molecule has 33 heavy (non-hydrogen) atoms. The van der Waals surface area contributed by atoms with Gasteiger partial charge >= 0.3 is 6.03 Å². The van der Waals surface area contributed by atoms with Crippen molar-refractivity contribution in [1.82, 2.24) is 25.1 Å². The minimum Gasteiger partial charge on any atom is -0.356 e. The Morgan fingerprint density at radius 1 is 1.09 bits per heavy atom. The topological polar surface area (TPSA) is 96.3 Å². The molecule has 2 heterocycles. The van der Waals surface area contributed by atoms with Crippen molar-refractivity contribution in [3.05, 3.63) is 66.0 Å². The van der Waals surface area contributed by atoms with E-state index >= 15 is 0 Å². The molecule has 0 radical (unpaired) electrons. The van der Waals surface area contributed by atoms with E-state index in [4.69, 9.17) is 4.98 Å². The maximum atomic E-state index is 12.6. The highest BCUT2D eigenvalue weighted by Gasteiger charge is 2.37. The van der Waals surface area contributed by atoms with Gasteiger partial charge in [-0.1, -0.05) is 42.5 Å². The number of carbonyl (C=O) groups is 3. The van der Waals surface area contributed by atoms with E-state index in [1.807, 2.05) is 48.5 Å². The molecule has 1 atom stereocenters. The van der Waals surface area contributed by atoms with Gasteiger partial charge in [-0.15, -0.1) is 0 Å². The maximum absolute atomic E-state index is 12.6. The maximum Gasteiger partial charge on any atom is 0.325 e. The fraction of sp³-hybridized carbons (Fsp3) is 0.360. The van der Waals surface area contributed by atoms with Crippen LogP contribution in [0, 0.1) is 0 Å². The van der Waals surface area contributed by atoms with Crippen LogP contribution in [-0.4, -0.2) is 44.9 Å². The molecule has 2 N–H and O–H groups in total. The van der Waals surface area contributed by atoms with Gasteiger partial charge in [0.1, 0.15) is 11.9 Å². The van der Waals surface area contributed by atoms with Gasteiger partial charge in [0, 0.05) is 25.4 Å². The number of carbonyl (C=O) groups excluding carboxylic acids is 3. The Bertz CT molecular complexity index is 1160. The fourth-order valence-electron chi connectivity index (χ4n) is 4.21. The number of nitrogens with zero attached hydrogens (tertiary/aromatic N) is 3. The van der Waals surface area contributed by atoms with Gasteiger partial charge in [0.2, 0.25) is 5.91 Å². The Kier molecular flexibility index (Phi) is 6.72. The van der Waals surface area contributed by atoms with Gasteiger partial charge in [0.15, 0.2) is 0 Å². The third-order valence-corrected chi connectivity index (χ3v) is 5.81. The average molecular weight is 448 g/mol. The molecule has 0 spiro atoms. The largest absolute Gasteiger partial charge is 0.356 e. The fourth-order valence-corrected chi connectivity index (χ4v) is 4.21. The van der Waals surface area contributed by atoms with Crippen molar-refractivity contribution in [3.8, 4) is 0 Å². The summed E-state index contributed by atoms with van der Waals surface area (Å²) in [5.41, 5.74) is 2.92. The summed E-state index contributed by atoms with van der Waals surface area (Å²) in [7, 11) is 0. The Morgan fingerprint density at radius 2 is 1.82 bits per heavy atom. The lowest BCUT2D eigenvalue weighted by atomic mass is 10.1. The third-order valence-electron chi connectivity index (χ3n) is 5.81. The number of aromatic nitrogens is 2. The van der Waals surface area contributed by atoms with Gasteiger partial charge in [-0.2, -0.15) is 0 Å². The molecule has 3 aromatic rings. The van der Waals surface area contributed by atoms with Crippen LogP contribution in [0.4, 0.5) is 4.79 Å². The second kappa shape index (κ2) is 9.85. The molecule has 0 bridgehead atoms. The molecule has 1 aromatic heterocycles. The highest BCUT2D eigenvalue weighted by atomic mass is 16.2. The molecule has 8 heteroatoms. The normalized spacial score (nSPS) is 16.0. The average Bonchev–Trinajstić information content (AvgIpc) is 3.30. The van der Waals surface area contributed by atoms with Gasteiger partial charge < -0.3 is 15.2 Å². The predicted molar refractivity (Wildman–Crippen MR) is 125 cm³/mol. The second-order valence-electron chi connectivity index (χ2n) is 8.53. The molecule has 1 saturated heterocycles. The van der Waals surface area contributed by atoms with E-state index in [-0.39, 0.29) is 37.2 Å². The first kappa shape index (κ1) is 22.5. The van der Waals surface area contributed by atoms with Crippen LogP contribution in [0.2, 0.25) is 0 Å². The van der Waals surface area contributed by atoms with Gasteiger partial charge in [-0.05, 0) is 38.0 Å². The molecule has 0 unspecified atom stereocenters. The van der Waals surface area contributed by atoms with Crippen molar-refractivity contribution in [2.45, 2.75) is 51.7 Å². The molecule has 4 rings (SSSR count). The molecular formula is C25H29N5O3. The number of amides is 4. The number of fused-ring (bicyclic) bond motifs is 1. The number of imidazole rings is 1. The zero-order valence-corrected chi connectivity index (χ0v) is 19.0. The smallest absolute Gasteiger partial charge is 0.325 e. The van der Waals surface area contributed by atoms with Gasteiger partial charge in [0.05, 0.1) is 17.6 Å². The predicted octanol–water partition coefficient (Wildman–Crippen LogP) is 3.18. The number of nitrogens with one attached hydrogen (secondary N) is 2. The lowest BCUT2D eigenvalue weighted by Gasteiger charge is -2.14. The molecular weight excluding hydrogens is 418 g/mol. The van der Waals surface area contributed by atoms with E-state index < -0.39 is 12.1 Å². The number of imide groups is 1. The number of urea groups is 1. The standard InChI is InChI=1S/C25H29N5O3/c1-17(2)30-21-11-7-6-10-19(21)27-22(30)14-15-26-23(31)13-12-20-24(32)29(25(33)28-20)16-18-8-4-3-5-9-18/h3-11,17,20H,12-16H2,1-2H3,(H,26,31)(H,28,33)/t20-/m1/s1. The number of rotatable bonds is 9. The van der Waals surface area contributed by atoms with E-state index in [0.717, 1.165) is 22.4 Å². The Labute approximate surface area is 193 Å². The molecule has 0 saturated carbocycles. The van der Waals surface area contributed by atoms with E-state index in [1.54, 1.807) is 0 Å². The van der Waals surface area contributed by atoms with Crippen LogP contribution >= 0.6 is 0 Å². The number of benzene rings is 2. The van der Waals surface area contributed by atoms with E-state index in [0.29, 0.717) is 13.0 Å². The molecule has 1 aliphatic heterocycles. The zero-order chi connectivity index (χ0) is 23.4. The summed E-state index contributed by atoms with van der Waals surface area (Å²) in [6, 6.07) is 16.5. The summed E-state index contributed by atoms with van der Waals surface area (Å²) < 4.78 is 2.19. The van der Waals surface area contributed by atoms with Crippen molar-refractivity contribution in [1.29, 1.82) is 0 Å². The highest BCUT2D eigenvalue weighted by Crippen LogP contribution is 2.21. The molecule has 1 fully saturated rings. The molecule has 1 aliphatic rings. The number of hydrogen-bond acceptors (Lipinski definition) is 4. The first-order chi connectivity index (χ1) is 15.9. The van der Waals surface area contributed by atoms with Crippen LogP contribution in [0.3, 0.4) is 0 Å². The van der Waals surface area contributed by atoms with Crippen LogP contribution in [-0.2, 0) is 22.6 Å². The second-order valence-corrected chi connectivity index (χ2v) is 8.53. The van der Waals surface area contributed by atoms with Crippen LogP contribution in [0.1, 0.15) is 44.1 Å². The van der Waals surface area contributed by atoms with Crippen LogP contribution in [0.25, 0.3) is 11.0 Å². The van der Waals surface area contributed by atoms with Gasteiger partial charge in [-0.3, -0.25) is 14.5 Å². The monoisotopic (exact) mass is 447 g/mol. The Morgan fingerprint density at radius 3 is 2.58 bits per heavy atom. The van der Waals surface area contributed by atoms with E-state index in [1.165, 1.54) is 4.90 Å². The summed E-state index contributed by atoms with van der Waals surface area (Å²) in [5, 5.41) is 5.60. The zero-order valence-electron chi connectivity index (χ0n) is 19.0. The lowest BCUT2D eigenvalue weighted by Crippen LogP contribution is -2.33. The van der Waals surface area contributed by atoms with Crippen molar-refractivity contribution < 1.29 is 14.4 Å². The Hall–Kier alpha value is -3.68. The van der Waals surface area contributed by atoms with E-state index in [2.05, 4.69) is 35.1 Å². The van der Waals surface area contributed by atoms with Gasteiger partial charge in [0.25, 0.3) is 5.91 Å². The summed E-state index contributed by atoms with van der Waals surface area (Å²) in [6.07, 6.45) is 1.05. The third kappa shape index (κ3) is 5.05. The summed E-state index contributed by atoms with van der Waals surface area (Å²) in [6.45, 7) is 4.92. The van der Waals surface area contributed by atoms with Crippen LogP contribution in [0.5, 0.6) is 0 Å². The number of para-hydroxylation sites is 2. The number of hydrogen-bond donors (Lipinski definition) is 2. The Balaban J connectivity index is 1.26. The minimum absolute atomic E-state index is 0.147. The lowest BCUT2D eigenvalue weighted by molar-refractivity contribution is -0.128. The van der Waals surface area contributed by atoms with Crippen molar-refractivity contribution in [2.75, 3.05) is 6.54 Å². The van der Waals surface area contributed by atoms with Crippen molar-refractivity contribution >= 4 is 28.9 Å². The van der Waals surface area contributed by atoms with Crippen LogP contribution < -0.4 is 10.6 Å². The summed E-state index contributed by atoms with van der Waals surface area (Å²) in [4.78, 5) is 43.1. The van der Waals surface area contributed by atoms with Gasteiger partial charge in [-0.25, -0.2) is 9.78 Å². The molecule has 4 amide bonds. The molecule has 172 valence electrons.